The molecule has 1 saturated heterocycles. The number of rotatable bonds is 7. The first-order chi connectivity index (χ1) is 15.5. The number of hydrogen-bond donors (Lipinski definition) is 2. The second-order valence-corrected chi connectivity index (χ2v) is 8.39. The Morgan fingerprint density at radius 3 is 2.53 bits per heavy atom. The van der Waals surface area contributed by atoms with E-state index in [0.717, 1.165) is 38.0 Å². The van der Waals surface area contributed by atoms with E-state index in [0.29, 0.717) is 22.4 Å². The number of piperidine rings is 1. The fourth-order valence-electron chi connectivity index (χ4n) is 3.64. The van der Waals surface area contributed by atoms with Gasteiger partial charge < -0.3 is 14.6 Å². The predicted molar refractivity (Wildman–Crippen MR) is 120 cm³/mol. The molecular formula is C21H24N6O4S. The zero-order valence-corrected chi connectivity index (χ0v) is 18.5. The van der Waals surface area contributed by atoms with Gasteiger partial charge in [-0.05, 0) is 43.5 Å². The Morgan fingerprint density at radius 1 is 1.09 bits per heavy atom. The van der Waals surface area contributed by atoms with Gasteiger partial charge in [0, 0.05) is 37.0 Å². The zero-order valence-electron chi connectivity index (χ0n) is 17.7. The quantitative estimate of drug-likeness (QED) is 0.514. The molecule has 4 rings (SSSR count). The topological polar surface area (TPSA) is 126 Å². The Labute approximate surface area is 188 Å². The van der Waals surface area contributed by atoms with E-state index >= 15 is 0 Å². The summed E-state index contributed by atoms with van der Waals surface area (Å²) in [5.41, 5.74) is 0.137. The summed E-state index contributed by atoms with van der Waals surface area (Å²) in [6.07, 6.45) is 3.43. The summed E-state index contributed by atoms with van der Waals surface area (Å²) in [7, 11) is 1.59. The van der Waals surface area contributed by atoms with Crippen LogP contribution in [0.15, 0.2) is 45.1 Å². The van der Waals surface area contributed by atoms with Crippen LogP contribution in [0.3, 0.4) is 0 Å². The Bertz CT molecular complexity index is 1170. The highest BCUT2D eigenvalue weighted by Gasteiger charge is 2.20. The maximum atomic E-state index is 12.6. The third-order valence-corrected chi connectivity index (χ3v) is 6.14. The van der Waals surface area contributed by atoms with E-state index in [9.17, 15) is 14.4 Å². The Balaban J connectivity index is 1.62. The molecule has 0 saturated carbocycles. The summed E-state index contributed by atoms with van der Waals surface area (Å²) < 4.78 is 7.07. The van der Waals surface area contributed by atoms with Crippen molar-refractivity contribution in [1.82, 2.24) is 29.6 Å². The lowest BCUT2D eigenvalue weighted by atomic mass is 10.1. The molecule has 1 amide bonds. The SMILES string of the molecule is COc1ccc(-n2c(Cc3cc(=O)[nH]c(=O)[nH]3)nnc2SCC(=O)N2CCCCC2)cc1. The summed E-state index contributed by atoms with van der Waals surface area (Å²) >= 11 is 1.32. The molecule has 1 aliphatic rings. The number of amides is 1. The van der Waals surface area contributed by atoms with Gasteiger partial charge in [0.25, 0.3) is 5.56 Å². The number of aromatic amines is 2. The van der Waals surface area contributed by atoms with E-state index in [-0.39, 0.29) is 18.1 Å². The summed E-state index contributed by atoms with van der Waals surface area (Å²) in [4.78, 5) is 42.6. The van der Waals surface area contributed by atoms with Gasteiger partial charge in [-0.2, -0.15) is 0 Å². The van der Waals surface area contributed by atoms with E-state index in [4.69, 9.17) is 4.74 Å². The van der Waals surface area contributed by atoms with Gasteiger partial charge in [0.1, 0.15) is 11.6 Å². The number of ether oxygens (including phenoxy) is 1. The van der Waals surface area contributed by atoms with Crippen LogP contribution in [0.1, 0.15) is 30.8 Å². The van der Waals surface area contributed by atoms with Gasteiger partial charge in [0.15, 0.2) is 5.16 Å². The van der Waals surface area contributed by atoms with E-state index in [1.807, 2.05) is 33.7 Å². The van der Waals surface area contributed by atoms with Crippen molar-refractivity contribution in [3.63, 3.8) is 0 Å². The van der Waals surface area contributed by atoms with Crippen molar-refractivity contribution in [3.8, 4) is 11.4 Å². The van der Waals surface area contributed by atoms with Crippen molar-refractivity contribution in [3.05, 3.63) is 62.7 Å². The molecule has 1 aliphatic heterocycles. The smallest absolute Gasteiger partial charge is 0.325 e. The van der Waals surface area contributed by atoms with Crippen LogP contribution in [0.2, 0.25) is 0 Å². The van der Waals surface area contributed by atoms with Crippen LogP contribution in [0.4, 0.5) is 0 Å². The van der Waals surface area contributed by atoms with Crippen molar-refractivity contribution in [2.75, 3.05) is 26.0 Å². The van der Waals surface area contributed by atoms with Gasteiger partial charge in [-0.1, -0.05) is 11.8 Å². The van der Waals surface area contributed by atoms with Crippen molar-refractivity contribution >= 4 is 17.7 Å². The molecule has 3 heterocycles. The van der Waals surface area contributed by atoms with Crippen molar-refractivity contribution in [2.24, 2.45) is 0 Å². The van der Waals surface area contributed by atoms with E-state index in [2.05, 4.69) is 20.2 Å². The monoisotopic (exact) mass is 456 g/mol. The number of methoxy groups -OCH3 is 1. The lowest BCUT2D eigenvalue weighted by Crippen LogP contribution is -2.36. The number of carbonyl (C=O) groups is 1. The molecule has 0 bridgehead atoms. The average Bonchev–Trinajstić information content (AvgIpc) is 3.19. The fourth-order valence-corrected chi connectivity index (χ4v) is 4.52. The number of likely N-dealkylation sites (tertiary alicyclic amines) is 1. The van der Waals surface area contributed by atoms with Gasteiger partial charge >= 0.3 is 5.69 Å². The molecule has 1 fully saturated rings. The van der Waals surface area contributed by atoms with Gasteiger partial charge in [-0.25, -0.2) is 4.79 Å². The molecule has 32 heavy (non-hydrogen) atoms. The molecule has 0 spiro atoms. The minimum Gasteiger partial charge on any atom is -0.497 e. The van der Waals surface area contributed by atoms with Crippen molar-refractivity contribution in [2.45, 2.75) is 30.8 Å². The summed E-state index contributed by atoms with van der Waals surface area (Å²) in [5, 5.41) is 9.13. The first-order valence-electron chi connectivity index (χ1n) is 10.4. The number of carbonyl (C=O) groups excluding carboxylic acids is 1. The number of H-pyrrole nitrogens is 2. The van der Waals surface area contributed by atoms with E-state index in [1.165, 1.54) is 17.8 Å². The fraction of sp³-hybridized carbons (Fsp3) is 0.381. The van der Waals surface area contributed by atoms with Crippen LogP contribution < -0.4 is 16.0 Å². The minimum absolute atomic E-state index is 0.0828. The van der Waals surface area contributed by atoms with Gasteiger partial charge in [0.2, 0.25) is 5.91 Å². The second-order valence-electron chi connectivity index (χ2n) is 7.45. The van der Waals surface area contributed by atoms with Gasteiger partial charge in [0.05, 0.1) is 12.9 Å². The maximum Gasteiger partial charge on any atom is 0.325 e. The lowest BCUT2D eigenvalue weighted by Gasteiger charge is -2.26. The highest BCUT2D eigenvalue weighted by molar-refractivity contribution is 7.99. The molecule has 10 nitrogen and oxygen atoms in total. The number of hydrogen-bond acceptors (Lipinski definition) is 7. The first-order valence-corrected chi connectivity index (χ1v) is 11.3. The lowest BCUT2D eigenvalue weighted by molar-refractivity contribution is -0.129. The van der Waals surface area contributed by atoms with E-state index < -0.39 is 11.2 Å². The normalized spacial score (nSPS) is 13.8. The van der Waals surface area contributed by atoms with Crippen LogP contribution in [0.5, 0.6) is 5.75 Å². The summed E-state index contributed by atoms with van der Waals surface area (Å²) in [5.74, 6) is 1.58. The zero-order chi connectivity index (χ0) is 22.5. The van der Waals surface area contributed by atoms with E-state index in [1.54, 1.807) is 7.11 Å². The minimum atomic E-state index is -0.579. The third-order valence-electron chi connectivity index (χ3n) is 5.23. The molecule has 0 radical (unpaired) electrons. The maximum absolute atomic E-state index is 12.6. The predicted octanol–water partition coefficient (Wildman–Crippen LogP) is 1.35. The van der Waals surface area contributed by atoms with Crippen LogP contribution in [-0.4, -0.2) is 61.5 Å². The largest absolute Gasteiger partial charge is 0.497 e. The molecule has 0 unspecified atom stereocenters. The van der Waals surface area contributed by atoms with Crippen LogP contribution in [0.25, 0.3) is 5.69 Å². The number of benzene rings is 1. The molecule has 2 N–H and O–H groups in total. The van der Waals surface area contributed by atoms with Crippen molar-refractivity contribution < 1.29 is 9.53 Å². The Morgan fingerprint density at radius 2 is 1.84 bits per heavy atom. The number of aromatic nitrogens is 5. The third kappa shape index (κ3) is 5.10. The molecular weight excluding hydrogens is 432 g/mol. The van der Waals surface area contributed by atoms with Crippen LogP contribution in [0, 0.1) is 0 Å². The molecule has 2 aromatic heterocycles. The van der Waals surface area contributed by atoms with Gasteiger partial charge in [-0.15, -0.1) is 10.2 Å². The molecule has 11 heteroatoms. The molecule has 0 aliphatic carbocycles. The highest BCUT2D eigenvalue weighted by Crippen LogP contribution is 2.25. The summed E-state index contributed by atoms with van der Waals surface area (Å²) in [6.45, 7) is 1.59. The number of thioether (sulfide) groups is 1. The average molecular weight is 457 g/mol. The molecule has 0 atom stereocenters. The highest BCUT2D eigenvalue weighted by atomic mass is 32.2. The van der Waals surface area contributed by atoms with Gasteiger partial charge in [-0.3, -0.25) is 19.1 Å². The summed E-state index contributed by atoms with van der Waals surface area (Å²) in [6, 6.07) is 8.69. The first kappa shape index (κ1) is 21.9. The van der Waals surface area contributed by atoms with Crippen LogP contribution in [-0.2, 0) is 11.2 Å². The molecule has 3 aromatic rings. The molecule has 168 valence electrons. The number of nitrogens with zero attached hydrogens (tertiary/aromatic N) is 4. The Hall–Kier alpha value is -3.34. The Kier molecular flexibility index (Phi) is 6.74. The second kappa shape index (κ2) is 9.86. The molecule has 1 aromatic carbocycles. The van der Waals surface area contributed by atoms with Crippen molar-refractivity contribution in [1.29, 1.82) is 0 Å². The standard InChI is InChI=1S/C21H24N6O4S/c1-31-16-7-5-15(6-8-16)27-17(11-14-12-18(28)23-20(30)22-14)24-25-21(27)32-13-19(29)26-9-3-2-4-10-26/h5-8,12H,2-4,9-11,13H2,1H3,(H2,22,23,28,30). The van der Waals surface area contributed by atoms with Crippen LogP contribution >= 0.6 is 11.8 Å². The number of nitrogens with one attached hydrogen (secondary N) is 2.